The Hall–Kier alpha value is -0.720. The summed E-state index contributed by atoms with van der Waals surface area (Å²) in [6.07, 6.45) is 2.02. The van der Waals surface area contributed by atoms with Gasteiger partial charge >= 0.3 is 0 Å². The van der Waals surface area contributed by atoms with Crippen molar-refractivity contribution in [1.29, 1.82) is 0 Å². The van der Waals surface area contributed by atoms with Crippen LogP contribution in [0.3, 0.4) is 0 Å². The van der Waals surface area contributed by atoms with E-state index in [2.05, 4.69) is 24.8 Å². The maximum Gasteiger partial charge on any atom is 0.165 e. The number of thiocarbonyl (C=S) groups is 1. The average molecular weight is 355 g/mol. The third kappa shape index (κ3) is 4.40. The molecule has 22 heavy (non-hydrogen) atoms. The highest BCUT2D eigenvalue weighted by atomic mass is 32.2. The van der Waals surface area contributed by atoms with Gasteiger partial charge < -0.3 is 9.64 Å². The van der Waals surface area contributed by atoms with E-state index < -0.39 is 0 Å². The molecule has 1 aromatic carbocycles. The predicted molar refractivity (Wildman–Crippen MR) is 103 cm³/mol. The van der Waals surface area contributed by atoms with E-state index >= 15 is 0 Å². The van der Waals surface area contributed by atoms with Crippen molar-refractivity contribution in [2.24, 2.45) is 10.4 Å². The average Bonchev–Trinajstić information content (AvgIpc) is 2.52. The quantitative estimate of drug-likeness (QED) is 0.755. The molecule has 1 aromatic rings. The molecule has 0 radical (unpaired) electrons. The van der Waals surface area contributed by atoms with E-state index in [1.165, 1.54) is 0 Å². The minimum absolute atomic E-state index is 0.244. The number of nitrogens with zero attached hydrogens (tertiary/aromatic N) is 2. The molecule has 1 fully saturated rings. The monoisotopic (exact) mass is 354 g/mol. The third-order valence-electron chi connectivity index (χ3n) is 3.38. The fraction of sp³-hybridized carbons (Fsp3) is 0.500. The van der Waals surface area contributed by atoms with Gasteiger partial charge in [-0.1, -0.05) is 67.8 Å². The zero-order valence-corrected chi connectivity index (χ0v) is 15.9. The number of methoxy groups -OCH3 is 1. The normalized spacial score (nSPS) is 19.3. The minimum atomic E-state index is 0.244. The van der Waals surface area contributed by atoms with Crippen LogP contribution in [0.2, 0.25) is 0 Å². The lowest BCUT2D eigenvalue weighted by atomic mass is 9.96. The molecule has 0 aliphatic carbocycles. The van der Waals surface area contributed by atoms with E-state index in [0.717, 1.165) is 33.1 Å². The first-order chi connectivity index (χ1) is 10.5. The Kier molecular flexibility index (Phi) is 6.17. The van der Waals surface area contributed by atoms with Gasteiger partial charge in [0, 0.05) is 17.9 Å². The van der Waals surface area contributed by atoms with E-state index in [-0.39, 0.29) is 5.41 Å². The lowest BCUT2D eigenvalue weighted by Gasteiger charge is -2.39. The van der Waals surface area contributed by atoms with Crippen LogP contribution in [0, 0.1) is 5.41 Å². The first-order valence-electron chi connectivity index (χ1n) is 7.11. The summed E-state index contributed by atoms with van der Waals surface area (Å²) in [6, 6.07) is 8.01. The number of hydrogen-bond acceptors (Lipinski definition) is 5. The van der Waals surface area contributed by atoms with Gasteiger partial charge in [0.1, 0.15) is 10.1 Å². The summed E-state index contributed by atoms with van der Waals surface area (Å²) in [4.78, 5) is 6.97. The number of amidine groups is 1. The first kappa shape index (κ1) is 17.6. The molecule has 120 valence electrons. The Balaban J connectivity index is 2.19. The van der Waals surface area contributed by atoms with Gasteiger partial charge in [-0.15, -0.1) is 0 Å². The van der Waals surface area contributed by atoms with Crippen molar-refractivity contribution in [3.63, 3.8) is 0 Å². The number of benzene rings is 1. The fourth-order valence-electron chi connectivity index (χ4n) is 2.25. The summed E-state index contributed by atoms with van der Waals surface area (Å²) in [5.41, 5.74) is 1.34. The summed E-state index contributed by atoms with van der Waals surface area (Å²) < 4.78 is 6.28. The van der Waals surface area contributed by atoms with Crippen LogP contribution in [0.25, 0.3) is 0 Å². The molecule has 1 aliphatic rings. The van der Waals surface area contributed by atoms with E-state index in [1.807, 2.05) is 24.5 Å². The molecule has 0 spiro atoms. The summed E-state index contributed by atoms with van der Waals surface area (Å²) in [5.74, 6) is 1.94. The highest BCUT2D eigenvalue weighted by molar-refractivity contribution is 8.23. The molecule has 6 heteroatoms. The maximum absolute atomic E-state index is 5.50. The molecule has 2 rings (SSSR count). The van der Waals surface area contributed by atoms with E-state index in [9.17, 15) is 0 Å². The molecule has 0 unspecified atom stereocenters. The van der Waals surface area contributed by atoms with Crippen LogP contribution in [0.15, 0.2) is 29.3 Å². The lowest BCUT2D eigenvalue weighted by molar-refractivity contribution is 0.348. The molecule has 0 atom stereocenters. The second-order valence-electron chi connectivity index (χ2n) is 5.92. The van der Waals surface area contributed by atoms with E-state index in [4.69, 9.17) is 21.9 Å². The van der Waals surface area contributed by atoms with Crippen LogP contribution in [0.1, 0.15) is 19.4 Å². The van der Waals surface area contributed by atoms with E-state index in [1.54, 1.807) is 30.6 Å². The number of ether oxygens (including phenoxy) is 1. The molecule has 0 aromatic heterocycles. The van der Waals surface area contributed by atoms with Crippen LogP contribution < -0.4 is 4.74 Å². The number of thioether (sulfide) groups is 2. The van der Waals surface area contributed by atoms with Gasteiger partial charge in [-0.05, 0) is 17.7 Å². The minimum Gasteiger partial charge on any atom is -0.496 e. The number of hydrogen-bond donors (Lipinski definition) is 0. The van der Waals surface area contributed by atoms with Crippen LogP contribution in [-0.2, 0) is 6.54 Å². The Morgan fingerprint density at radius 3 is 2.86 bits per heavy atom. The van der Waals surface area contributed by atoms with Crippen molar-refractivity contribution in [3.05, 3.63) is 29.8 Å². The van der Waals surface area contributed by atoms with Gasteiger partial charge in [0.25, 0.3) is 0 Å². The Labute approximate surface area is 146 Å². The predicted octanol–water partition coefficient (Wildman–Crippen LogP) is 4.27. The fourth-order valence-corrected chi connectivity index (χ4v) is 3.97. The molecule has 0 bridgehead atoms. The smallest absolute Gasteiger partial charge is 0.165 e. The molecule has 1 aliphatic heterocycles. The van der Waals surface area contributed by atoms with Gasteiger partial charge in [0.15, 0.2) is 5.17 Å². The summed E-state index contributed by atoms with van der Waals surface area (Å²) >= 11 is 8.90. The summed E-state index contributed by atoms with van der Waals surface area (Å²) in [5, 5.41) is 1.02. The highest BCUT2D eigenvalue weighted by Crippen LogP contribution is 2.33. The van der Waals surface area contributed by atoms with Crippen LogP contribution >= 0.6 is 35.7 Å². The van der Waals surface area contributed by atoms with Gasteiger partial charge in [-0.25, -0.2) is 0 Å². The molecule has 0 amide bonds. The van der Waals surface area contributed by atoms with Gasteiger partial charge in [0.2, 0.25) is 0 Å². The standard InChI is InChI=1S/C16H22N2OS3/c1-16(2)10-18(15(20)21-4)14(22-11-16)17-9-12-7-5-6-8-13(12)19-3/h5-8H,9-11H2,1-4H3/b17-14+. The Morgan fingerprint density at radius 2 is 2.18 bits per heavy atom. The first-order valence-corrected chi connectivity index (χ1v) is 9.73. The largest absolute Gasteiger partial charge is 0.496 e. The second kappa shape index (κ2) is 7.70. The maximum atomic E-state index is 5.50. The van der Waals surface area contributed by atoms with Crippen LogP contribution in [-0.4, -0.2) is 40.1 Å². The molecule has 3 nitrogen and oxygen atoms in total. The van der Waals surface area contributed by atoms with Crippen molar-refractivity contribution in [1.82, 2.24) is 4.90 Å². The number of aliphatic imine (C=N–C) groups is 1. The molecule has 1 saturated heterocycles. The van der Waals surface area contributed by atoms with Crippen molar-refractivity contribution in [3.8, 4) is 5.75 Å². The lowest BCUT2D eigenvalue weighted by Crippen LogP contribution is -2.45. The van der Waals surface area contributed by atoms with Gasteiger partial charge in [-0.2, -0.15) is 0 Å². The number of rotatable bonds is 3. The summed E-state index contributed by atoms with van der Waals surface area (Å²) in [6.45, 7) is 6.07. The zero-order valence-electron chi connectivity index (χ0n) is 13.5. The van der Waals surface area contributed by atoms with Crippen LogP contribution in [0.5, 0.6) is 5.75 Å². The van der Waals surface area contributed by atoms with Crippen molar-refractivity contribution in [2.75, 3.05) is 25.7 Å². The topological polar surface area (TPSA) is 24.8 Å². The van der Waals surface area contributed by atoms with Crippen molar-refractivity contribution in [2.45, 2.75) is 20.4 Å². The third-order valence-corrected chi connectivity index (χ3v) is 6.20. The summed E-state index contributed by atoms with van der Waals surface area (Å²) in [7, 11) is 1.69. The molecule has 1 heterocycles. The van der Waals surface area contributed by atoms with E-state index in [0.29, 0.717) is 6.54 Å². The molecule has 0 saturated carbocycles. The molecule has 0 N–H and O–H groups in total. The SMILES string of the molecule is COc1ccccc1C/N=C1/SCC(C)(C)CN1C(=S)SC. The Bertz CT molecular complexity index is 572. The Morgan fingerprint density at radius 1 is 1.45 bits per heavy atom. The van der Waals surface area contributed by atoms with Crippen molar-refractivity contribution < 1.29 is 4.74 Å². The van der Waals surface area contributed by atoms with Crippen LogP contribution in [0.4, 0.5) is 0 Å². The second-order valence-corrected chi connectivity index (χ2v) is 8.30. The number of para-hydroxylation sites is 1. The van der Waals surface area contributed by atoms with Crippen molar-refractivity contribution >= 4 is 45.2 Å². The molecular formula is C16H22N2OS3. The zero-order chi connectivity index (χ0) is 16.2. The molecular weight excluding hydrogens is 332 g/mol. The highest BCUT2D eigenvalue weighted by Gasteiger charge is 2.32. The van der Waals surface area contributed by atoms with Gasteiger partial charge in [-0.3, -0.25) is 4.99 Å². The van der Waals surface area contributed by atoms with Gasteiger partial charge in [0.05, 0.1) is 13.7 Å².